The lowest BCUT2D eigenvalue weighted by Crippen LogP contribution is -2.59. The molecule has 6 atom stereocenters. The number of unbranched alkanes of at least 4 members (excludes halogenated alkanes) is 29. The Balaban J connectivity index is 2.23. The van der Waals surface area contributed by atoms with E-state index in [0.29, 0.717) is 6.42 Å². The van der Waals surface area contributed by atoms with Crippen LogP contribution in [0.25, 0.3) is 0 Å². The Morgan fingerprint density at radius 2 is 0.862 bits per heavy atom. The molecule has 1 aliphatic heterocycles. The summed E-state index contributed by atoms with van der Waals surface area (Å²) in [5, 5.41) is 40.2. The van der Waals surface area contributed by atoms with Crippen LogP contribution >= 0.6 is 0 Å². The van der Waals surface area contributed by atoms with Gasteiger partial charge in [-0.25, -0.2) is 0 Å². The summed E-state index contributed by atoms with van der Waals surface area (Å²) in [6.07, 6.45) is 47.2. The minimum atomic E-state index is -1.60. The molecule has 0 aromatic heterocycles. The Kier molecular flexibility index (Phi) is 42.8. The molecular formula is C55H100O10. The van der Waals surface area contributed by atoms with Gasteiger partial charge in [-0.05, 0) is 70.6 Å². The minimum Gasteiger partial charge on any atom is -0.462 e. The fourth-order valence-electron chi connectivity index (χ4n) is 8.21. The summed E-state index contributed by atoms with van der Waals surface area (Å²) < 4.78 is 22.3. The van der Waals surface area contributed by atoms with E-state index in [1.807, 2.05) is 0 Å². The fraction of sp³-hybridized carbons (Fsp3) is 0.855. The normalized spacial score (nSPS) is 19.5. The predicted octanol–water partition coefficient (Wildman–Crippen LogP) is 13.0. The SMILES string of the molecule is CCCCC/C=C/C/C=C/CCCCCCCCCCCC(=O)OC[C@H](CO[C@@H]1O[C@H](CO)[C@H](O)C(O)C1O)OC(=O)CCCCCCCCCCCCC/C=C/CCCCCCCC. The molecule has 65 heavy (non-hydrogen) atoms. The maximum absolute atomic E-state index is 12.9. The van der Waals surface area contributed by atoms with E-state index in [1.165, 1.54) is 154 Å². The fourth-order valence-corrected chi connectivity index (χ4v) is 8.21. The van der Waals surface area contributed by atoms with Crippen LogP contribution in [0, 0.1) is 0 Å². The molecule has 1 saturated heterocycles. The number of carbonyl (C=O) groups is 2. The molecule has 0 bridgehead atoms. The zero-order valence-electron chi connectivity index (χ0n) is 41.7. The van der Waals surface area contributed by atoms with Crippen molar-refractivity contribution in [2.75, 3.05) is 19.8 Å². The molecule has 0 spiro atoms. The Morgan fingerprint density at radius 1 is 0.477 bits per heavy atom. The third-order valence-corrected chi connectivity index (χ3v) is 12.5. The third kappa shape index (κ3) is 36.6. The number of aliphatic hydroxyl groups is 4. The number of hydrogen-bond acceptors (Lipinski definition) is 10. The summed E-state index contributed by atoms with van der Waals surface area (Å²) in [4.78, 5) is 25.5. The quantitative estimate of drug-likeness (QED) is 0.0264. The van der Waals surface area contributed by atoms with Crippen LogP contribution in [-0.4, -0.2) is 89.0 Å². The first-order valence-corrected chi connectivity index (χ1v) is 27.1. The second kappa shape index (κ2) is 45.7. The van der Waals surface area contributed by atoms with E-state index in [-0.39, 0.29) is 32.0 Å². The van der Waals surface area contributed by atoms with E-state index in [9.17, 15) is 30.0 Å². The highest BCUT2D eigenvalue weighted by Crippen LogP contribution is 2.23. The standard InChI is InChI=1S/C55H100O10/c1-3-5-7-9-11-13-15-17-19-21-23-24-26-28-30-32-34-36-38-40-42-44-51(58)64-48(47-63-55-54(61)53(60)52(59)49(45-56)65-55)46-62-50(57)43-41-39-37-35-33-31-29-27-25-22-20-18-16-14-12-10-8-6-4-2/h12,14,17-20,48-49,52-56,59-61H,3-11,13,15-16,21-47H2,1-2H3/b14-12+,19-17+,20-18+/t48-,49-,52+,53?,54?,55-/m1/s1. The average Bonchev–Trinajstić information content (AvgIpc) is 3.30. The van der Waals surface area contributed by atoms with E-state index < -0.39 is 49.4 Å². The number of aliphatic hydroxyl groups excluding tert-OH is 4. The molecule has 0 saturated carbocycles. The molecule has 1 fully saturated rings. The number of carbonyl (C=O) groups excluding carboxylic acids is 2. The van der Waals surface area contributed by atoms with Crippen molar-refractivity contribution < 1.29 is 49.0 Å². The van der Waals surface area contributed by atoms with Crippen LogP contribution in [-0.2, 0) is 28.5 Å². The van der Waals surface area contributed by atoms with Gasteiger partial charge in [-0.1, -0.05) is 198 Å². The summed E-state index contributed by atoms with van der Waals surface area (Å²) in [5.74, 6) is -0.803. The summed E-state index contributed by atoms with van der Waals surface area (Å²) in [5.41, 5.74) is 0. The van der Waals surface area contributed by atoms with Crippen LogP contribution in [0.1, 0.15) is 245 Å². The summed E-state index contributed by atoms with van der Waals surface area (Å²) in [6.45, 7) is 3.43. The molecular weight excluding hydrogens is 821 g/mol. The van der Waals surface area contributed by atoms with Gasteiger partial charge < -0.3 is 39.4 Å². The molecule has 10 nitrogen and oxygen atoms in total. The van der Waals surface area contributed by atoms with Crippen LogP contribution in [0.2, 0.25) is 0 Å². The van der Waals surface area contributed by atoms with Crippen molar-refractivity contribution >= 4 is 11.9 Å². The Labute approximate surface area is 397 Å². The van der Waals surface area contributed by atoms with Crippen molar-refractivity contribution in [2.45, 2.75) is 282 Å². The molecule has 4 N–H and O–H groups in total. The largest absolute Gasteiger partial charge is 0.462 e. The highest BCUT2D eigenvalue weighted by Gasteiger charge is 2.44. The summed E-state index contributed by atoms with van der Waals surface area (Å²) >= 11 is 0. The number of rotatable bonds is 46. The van der Waals surface area contributed by atoms with Gasteiger partial charge in [-0.3, -0.25) is 9.59 Å². The lowest BCUT2D eigenvalue weighted by atomic mass is 9.99. The van der Waals surface area contributed by atoms with Crippen molar-refractivity contribution in [1.82, 2.24) is 0 Å². The Morgan fingerprint density at radius 3 is 1.32 bits per heavy atom. The van der Waals surface area contributed by atoms with Gasteiger partial charge in [0.05, 0.1) is 13.2 Å². The first kappa shape index (κ1) is 60.9. The van der Waals surface area contributed by atoms with E-state index >= 15 is 0 Å². The van der Waals surface area contributed by atoms with Gasteiger partial charge >= 0.3 is 11.9 Å². The molecule has 0 amide bonds. The number of allylic oxidation sites excluding steroid dienone is 6. The van der Waals surface area contributed by atoms with Crippen molar-refractivity contribution in [3.8, 4) is 0 Å². The average molecular weight is 921 g/mol. The topological polar surface area (TPSA) is 152 Å². The molecule has 0 radical (unpaired) electrons. The first-order chi connectivity index (χ1) is 31.8. The first-order valence-electron chi connectivity index (χ1n) is 27.1. The van der Waals surface area contributed by atoms with Crippen molar-refractivity contribution in [3.63, 3.8) is 0 Å². The van der Waals surface area contributed by atoms with Crippen molar-refractivity contribution in [2.24, 2.45) is 0 Å². The van der Waals surface area contributed by atoms with Crippen LogP contribution < -0.4 is 0 Å². The van der Waals surface area contributed by atoms with Crippen molar-refractivity contribution in [3.05, 3.63) is 36.5 Å². The number of hydrogen-bond donors (Lipinski definition) is 4. The maximum atomic E-state index is 12.9. The highest BCUT2D eigenvalue weighted by molar-refractivity contribution is 5.70. The lowest BCUT2D eigenvalue weighted by molar-refractivity contribution is -0.305. The van der Waals surface area contributed by atoms with E-state index in [0.717, 1.165) is 57.8 Å². The zero-order valence-corrected chi connectivity index (χ0v) is 41.7. The number of ether oxygens (including phenoxy) is 4. The Hall–Kier alpha value is -2.08. The number of esters is 2. The summed E-state index contributed by atoms with van der Waals surface area (Å²) in [6, 6.07) is 0. The molecule has 10 heteroatoms. The van der Waals surface area contributed by atoms with Crippen molar-refractivity contribution in [1.29, 1.82) is 0 Å². The molecule has 1 aliphatic rings. The zero-order chi connectivity index (χ0) is 47.3. The molecule has 0 aliphatic carbocycles. The van der Waals surface area contributed by atoms with Gasteiger partial charge in [0.1, 0.15) is 31.0 Å². The van der Waals surface area contributed by atoms with Crippen LogP contribution in [0.3, 0.4) is 0 Å². The van der Waals surface area contributed by atoms with Gasteiger partial charge in [0.25, 0.3) is 0 Å². The predicted molar refractivity (Wildman–Crippen MR) is 266 cm³/mol. The van der Waals surface area contributed by atoms with Gasteiger partial charge in [-0.2, -0.15) is 0 Å². The van der Waals surface area contributed by atoms with Gasteiger partial charge in [0.15, 0.2) is 12.4 Å². The van der Waals surface area contributed by atoms with Gasteiger partial charge in [0, 0.05) is 12.8 Å². The van der Waals surface area contributed by atoms with E-state index in [4.69, 9.17) is 18.9 Å². The Bertz CT molecular complexity index is 1160. The maximum Gasteiger partial charge on any atom is 0.306 e. The molecule has 380 valence electrons. The molecule has 2 unspecified atom stereocenters. The minimum absolute atomic E-state index is 0.218. The molecule has 0 aromatic rings. The molecule has 1 rings (SSSR count). The van der Waals surface area contributed by atoms with E-state index in [2.05, 4.69) is 50.3 Å². The second-order valence-electron chi connectivity index (χ2n) is 18.7. The lowest BCUT2D eigenvalue weighted by Gasteiger charge is -2.39. The highest BCUT2D eigenvalue weighted by atomic mass is 16.7. The third-order valence-electron chi connectivity index (χ3n) is 12.5. The van der Waals surface area contributed by atoms with Gasteiger partial charge in [-0.15, -0.1) is 0 Å². The van der Waals surface area contributed by atoms with Crippen LogP contribution in [0.15, 0.2) is 36.5 Å². The van der Waals surface area contributed by atoms with E-state index in [1.54, 1.807) is 0 Å². The van der Waals surface area contributed by atoms with Crippen LogP contribution in [0.5, 0.6) is 0 Å². The van der Waals surface area contributed by atoms with Gasteiger partial charge in [0.2, 0.25) is 0 Å². The second-order valence-corrected chi connectivity index (χ2v) is 18.7. The molecule has 1 heterocycles. The molecule has 0 aromatic carbocycles. The monoisotopic (exact) mass is 921 g/mol. The smallest absolute Gasteiger partial charge is 0.306 e. The van der Waals surface area contributed by atoms with Crippen LogP contribution in [0.4, 0.5) is 0 Å². The summed E-state index contributed by atoms with van der Waals surface area (Å²) in [7, 11) is 0.